The third-order valence-corrected chi connectivity index (χ3v) is 3.79. The van der Waals surface area contributed by atoms with Crippen LogP contribution in [-0.4, -0.2) is 35.7 Å². The van der Waals surface area contributed by atoms with Gasteiger partial charge in [0.1, 0.15) is 0 Å². The van der Waals surface area contributed by atoms with E-state index in [2.05, 4.69) is 27.8 Å². The van der Waals surface area contributed by atoms with E-state index in [4.69, 9.17) is 16.9 Å². The summed E-state index contributed by atoms with van der Waals surface area (Å²) in [4.78, 5) is 17.9. The van der Waals surface area contributed by atoms with E-state index in [1.807, 2.05) is 6.07 Å². The first-order chi connectivity index (χ1) is 10.9. The SMILES string of the molecule is CC(=N)/C=C(\S)Nc1cc(N2CCC[C@@H](N)C2)cnc1C(N)=O. The van der Waals surface area contributed by atoms with Crippen LogP contribution in [0.1, 0.15) is 30.3 Å². The van der Waals surface area contributed by atoms with Crippen molar-refractivity contribution in [1.29, 1.82) is 5.41 Å². The zero-order chi connectivity index (χ0) is 17.0. The molecule has 2 heterocycles. The van der Waals surface area contributed by atoms with Crippen molar-refractivity contribution in [2.45, 2.75) is 25.8 Å². The molecule has 8 heteroatoms. The first-order valence-corrected chi connectivity index (χ1v) is 7.84. The zero-order valence-corrected chi connectivity index (χ0v) is 13.9. The van der Waals surface area contributed by atoms with E-state index in [9.17, 15) is 4.79 Å². The zero-order valence-electron chi connectivity index (χ0n) is 13.0. The lowest BCUT2D eigenvalue weighted by molar-refractivity contribution is 0.0996. The molecule has 124 valence electrons. The number of nitrogens with one attached hydrogen (secondary N) is 2. The molecule has 1 aromatic rings. The van der Waals surface area contributed by atoms with Crippen molar-refractivity contribution in [2.24, 2.45) is 11.5 Å². The maximum absolute atomic E-state index is 11.6. The standard InChI is InChI=1S/C15H22N6OS/c1-9(16)5-13(23)20-12-6-11(7-19-14(12)15(18)22)21-4-2-3-10(17)8-21/h5-7,10,16,20,23H,2-4,8,17H2,1H3,(H2,18,22)/b13-5-,16-9?/t10-/m1/s1. The minimum Gasteiger partial charge on any atom is -0.369 e. The van der Waals surface area contributed by atoms with Crippen molar-refractivity contribution in [3.05, 3.63) is 29.1 Å². The van der Waals surface area contributed by atoms with Gasteiger partial charge in [-0.25, -0.2) is 4.98 Å². The van der Waals surface area contributed by atoms with Crippen molar-refractivity contribution in [3.63, 3.8) is 0 Å². The second kappa shape index (κ2) is 7.47. The number of allylic oxidation sites excluding steroid dienone is 1. The number of carbonyl (C=O) groups is 1. The first kappa shape index (κ1) is 17.3. The number of rotatable bonds is 5. The van der Waals surface area contributed by atoms with Gasteiger partial charge in [-0.05, 0) is 31.9 Å². The largest absolute Gasteiger partial charge is 0.369 e. The summed E-state index contributed by atoms with van der Waals surface area (Å²) in [6, 6.07) is 1.95. The van der Waals surface area contributed by atoms with Gasteiger partial charge >= 0.3 is 0 Å². The monoisotopic (exact) mass is 334 g/mol. The van der Waals surface area contributed by atoms with Gasteiger partial charge < -0.3 is 27.1 Å². The highest BCUT2D eigenvalue weighted by molar-refractivity contribution is 7.84. The average molecular weight is 334 g/mol. The van der Waals surface area contributed by atoms with Gasteiger partial charge in [0.2, 0.25) is 0 Å². The Morgan fingerprint density at radius 2 is 2.35 bits per heavy atom. The molecule has 1 aromatic heterocycles. The number of pyridine rings is 1. The molecular formula is C15H22N6OS. The summed E-state index contributed by atoms with van der Waals surface area (Å²) in [5.74, 6) is -0.623. The molecule has 0 radical (unpaired) electrons. The van der Waals surface area contributed by atoms with Crippen LogP contribution in [0.5, 0.6) is 0 Å². The Kier molecular flexibility index (Phi) is 5.62. The molecule has 0 aliphatic carbocycles. The quantitative estimate of drug-likeness (QED) is 0.411. The average Bonchev–Trinajstić information content (AvgIpc) is 2.46. The highest BCUT2D eigenvalue weighted by Crippen LogP contribution is 2.25. The number of thiol groups is 1. The molecule has 0 unspecified atom stereocenters. The van der Waals surface area contributed by atoms with Crippen molar-refractivity contribution < 1.29 is 4.79 Å². The van der Waals surface area contributed by atoms with Gasteiger partial charge in [0.25, 0.3) is 5.91 Å². The number of anilines is 2. The minimum absolute atomic E-state index is 0.136. The van der Waals surface area contributed by atoms with E-state index in [1.54, 1.807) is 13.1 Å². The summed E-state index contributed by atoms with van der Waals surface area (Å²) in [6.45, 7) is 3.28. The van der Waals surface area contributed by atoms with E-state index in [-0.39, 0.29) is 11.7 Å². The van der Waals surface area contributed by atoms with Crippen molar-refractivity contribution >= 4 is 35.6 Å². The third-order valence-electron chi connectivity index (χ3n) is 3.55. The van der Waals surface area contributed by atoms with Gasteiger partial charge in [-0.3, -0.25) is 4.79 Å². The molecule has 2 rings (SSSR count). The van der Waals surface area contributed by atoms with Crippen LogP contribution in [0.3, 0.4) is 0 Å². The van der Waals surface area contributed by atoms with Crippen LogP contribution in [0, 0.1) is 5.41 Å². The number of hydrogen-bond acceptors (Lipinski definition) is 7. The lowest BCUT2D eigenvalue weighted by Crippen LogP contribution is -2.42. The highest BCUT2D eigenvalue weighted by Gasteiger charge is 2.19. The van der Waals surface area contributed by atoms with E-state index >= 15 is 0 Å². The summed E-state index contributed by atoms with van der Waals surface area (Å²) >= 11 is 4.27. The van der Waals surface area contributed by atoms with Crippen LogP contribution in [0.25, 0.3) is 0 Å². The smallest absolute Gasteiger partial charge is 0.269 e. The van der Waals surface area contributed by atoms with Gasteiger partial charge in [-0.15, -0.1) is 12.6 Å². The molecule has 1 amide bonds. The van der Waals surface area contributed by atoms with E-state index in [1.165, 1.54) is 6.08 Å². The van der Waals surface area contributed by atoms with Crippen LogP contribution >= 0.6 is 12.6 Å². The molecule has 1 fully saturated rings. The molecule has 6 N–H and O–H groups in total. The fourth-order valence-electron chi connectivity index (χ4n) is 2.54. The molecule has 0 saturated carbocycles. The lowest BCUT2D eigenvalue weighted by Gasteiger charge is -2.32. The topological polar surface area (TPSA) is 121 Å². The number of nitrogens with zero attached hydrogens (tertiary/aromatic N) is 2. The number of amides is 1. The van der Waals surface area contributed by atoms with Gasteiger partial charge in [0.05, 0.1) is 22.6 Å². The van der Waals surface area contributed by atoms with Crippen LogP contribution < -0.4 is 21.7 Å². The van der Waals surface area contributed by atoms with E-state index in [0.717, 1.165) is 31.6 Å². The number of primary amides is 1. The summed E-state index contributed by atoms with van der Waals surface area (Å²) < 4.78 is 0. The molecule has 7 nitrogen and oxygen atoms in total. The molecule has 0 bridgehead atoms. The number of piperidine rings is 1. The Labute approximate surface area is 141 Å². The normalized spacial score (nSPS) is 18.7. The Hall–Kier alpha value is -2.06. The van der Waals surface area contributed by atoms with Crippen molar-refractivity contribution in [2.75, 3.05) is 23.3 Å². The summed E-state index contributed by atoms with van der Waals surface area (Å²) in [5, 5.41) is 10.9. The predicted octanol–water partition coefficient (Wildman–Crippen LogP) is 1.33. The van der Waals surface area contributed by atoms with Crippen LogP contribution in [0.4, 0.5) is 11.4 Å². The number of hydrogen-bond donors (Lipinski definition) is 5. The summed E-state index contributed by atoms with van der Waals surface area (Å²) in [6.07, 6.45) is 5.20. The van der Waals surface area contributed by atoms with Crippen molar-refractivity contribution in [1.82, 2.24) is 4.98 Å². The first-order valence-electron chi connectivity index (χ1n) is 7.40. The molecule has 1 atom stereocenters. The van der Waals surface area contributed by atoms with Crippen LogP contribution in [0.15, 0.2) is 23.4 Å². The second-order valence-corrected chi connectivity index (χ2v) is 6.12. The van der Waals surface area contributed by atoms with Gasteiger partial charge in [0, 0.05) is 24.8 Å². The number of aromatic nitrogens is 1. The van der Waals surface area contributed by atoms with Crippen LogP contribution in [0.2, 0.25) is 0 Å². The van der Waals surface area contributed by atoms with Gasteiger partial charge in [-0.1, -0.05) is 0 Å². The Bertz CT molecular complexity index is 645. The molecule has 0 aromatic carbocycles. The highest BCUT2D eigenvalue weighted by atomic mass is 32.1. The fraction of sp³-hybridized carbons (Fsp3) is 0.400. The Morgan fingerprint density at radius 1 is 1.61 bits per heavy atom. The van der Waals surface area contributed by atoms with Gasteiger partial charge in [0.15, 0.2) is 5.69 Å². The Balaban J connectivity index is 2.31. The maximum Gasteiger partial charge on any atom is 0.269 e. The third kappa shape index (κ3) is 4.70. The Morgan fingerprint density at radius 3 is 2.96 bits per heavy atom. The number of carbonyl (C=O) groups excluding carboxylic acids is 1. The van der Waals surface area contributed by atoms with E-state index in [0.29, 0.717) is 16.4 Å². The summed E-state index contributed by atoms with van der Waals surface area (Å²) in [7, 11) is 0. The van der Waals surface area contributed by atoms with Gasteiger partial charge in [-0.2, -0.15) is 0 Å². The van der Waals surface area contributed by atoms with Crippen LogP contribution in [-0.2, 0) is 0 Å². The fourth-order valence-corrected chi connectivity index (χ4v) is 2.86. The molecule has 1 saturated heterocycles. The molecule has 1 aliphatic rings. The summed E-state index contributed by atoms with van der Waals surface area (Å²) in [5.41, 5.74) is 13.2. The molecule has 23 heavy (non-hydrogen) atoms. The number of nitrogens with two attached hydrogens (primary N) is 2. The van der Waals surface area contributed by atoms with Crippen molar-refractivity contribution in [3.8, 4) is 0 Å². The maximum atomic E-state index is 11.6. The minimum atomic E-state index is -0.623. The second-order valence-electron chi connectivity index (χ2n) is 5.64. The lowest BCUT2D eigenvalue weighted by atomic mass is 10.1. The molecule has 1 aliphatic heterocycles. The molecule has 0 spiro atoms. The predicted molar refractivity (Wildman–Crippen MR) is 96.3 cm³/mol. The molecular weight excluding hydrogens is 312 g/mol. The van der Waals surface area contributed by atoms with E-state index < -0.39 is 5.91 Å².